The van der Waals surface area contributed by atoms with E-state index in [1.807, 2.05) is 39.0 Å². The molecule has 2 aromatic carbocycles. The minimum Gasteiger partial charge on any atom is -0.326 e. The molecule has 0 spiro atoms. The molecule has 1 aromatic heterocycles. The fourth-order valence-electron chi connectivity index (χ4n) is 3.13. The van der Waals surface area contributed by atoms with Gasteiger partial charge in [-0.1, -0.05) is 17.8 Å². The second kappa shape index (κ2) is 10.2. The first-order chi connectivity index (χ1) is 14.8. The lowest BCUT2D eigenvalue weighted by molar-refractivity contribution is -0.116. The van der Waals surface area contributed by atoms with Crippen molar-refractivity contribution in [1.82, 2.24) is 14.8 Å². The van der Waals surface area contributed by atoms with E-state index in [-0.39, 0.29) is 29.8 Å². The molecule has 0 bridgehead atoms. The van der Waals surface area contributed by atoms with Gasteiger partial charge in [0.1, 0.15) is 11.6 Å². The van der Waals surface area contributed by atoms with Gasteiger partial charge in [0, 0.05) is 17.9 Å². The number of anilines is 2. The van der Waals surface area contributed by atoms with Crippen molar-refractivity contribution in [2.45, 2.75) is 38.9 Å². The Morgan fingerprint density at radius 1 is 0.968 bits per heavy atom. The van der Waals surface area contributed by atoms with Crippen LogP contribution < -0.4 is 10.6 Å². The Kier molecular flexibility index (Phi) is 7.41. The Bertz CT molecular complexity index is 1060. The molecule has 0 aliphatic carbocycles. The van der Waals surface area contributed by atoms with Crippen LogP contribution in [0.4, 0.5) is 15.8 Å². The maximum atomic E-state index is 13.0. The van der Waals surface area contributed by atoms with Gasteiger partial charge in [-0.2, -0.15) is 0 Å². The van der Waals surface area contributed by atoms with Gasteiger partial charge in [0.15, 0.2) is 5.16 Å². The predicted octanol–water partition coefficient (Wildman–Crippen LogP) is 3.97. The van der Waals surface area contributed by atoms with Crippen LogP contribution in [0.2, 0.25) is 0 Å². The number of rotatable bonds is 8. The van der Waals surface area contributed by atoms with E-state index in [1.165, 1.54) is 36.0 Å². The number of nitrogens with one attached hydrogen (secondary N) is 2. The van der Waals surface area contributed by atoms with Crippen LogP contribution in [0.25, 0.3) is 0 Å². The first-order valence-corrected chi connectivity index (χ1v) is 10.8. The van der Waals surface area contributed by atoms with E-state index in [4.69, 9.17) is 0 Å². The van der Waals surface area contributed by atoms with E-state index in [9.17, 15) is 14.0 Å². The molecule has 3 rings (SSSR count). The highest BCUT2D eigenvalue weighted by molar-refractivity contribution is 7.99. The first-order valence-electron chi connectivity index (χ1n) is 9.82. The number of aromatic nitrogens is 3. The molecule has 0 aliphatic rings. The molecule has 3 aromatic rings. The molecule has 0 saturated carbocycles. The lowest BCUT2D eigenvalue weighted by Gasteiger charge is -2.09. The van der Waals surface area contributed by atoms with Gasteiger partial charge in [-0.05, 0) is 68.3 Å². The average molecular weight is 442 g/mol. The van der Waals surface area contributed by atoms with Crippen molar-refractivity contribution in [2.24, 2.45) is 0 Å². The fraction of sp³-hybridized carbons (Fsp3) is 0.273. The van der Waals surface area contributed by atoms with Crippen molar-refractivity contribution in [3.63, 3.8) is 0 Å². The number of carbonyl (C=O) groups is 2. The number of hydrogen-bond acceptors (Lipinski definition) is 5. The molecule has 0 saturated heterocycles. The van der Waals surface area contributed by atoms with Crippen LogP contribution in [0, 0.1) is 19.7 Å². The molecule has 0 radical (unpaired) electrons. The molecule has 31 heavy (non-hydrogen) atoms. The summed E-state index contributed by atoms with van der Waals surface area (Å²) in [5, 5.41) is 14.4. The van der Waals surface area contributed by atoms with Gasteiger partial charge in [-0.25, -0.2) is 4.39 Å². The number of thioether (sulfide) groups is 1. The topological polar surface area (TPSA) is 88.9 Å². The van der Waals surface area contributed by atoms with Crippen molar-refractivity contribution in [2.75, 3.05) is 16.4 Å². The predicted molar refractivity (Wildman–Crippen MR) is 120 cm³/mol. The van der Waals surface area contributed by atoms with Gasteiger partial charge in [-0.15, -0.1) is 10.2 Å². The highest BCUT2D eigenvalue weighted by atomic mass is 32.2. The normalized spacial score (nSPS) is 10.7. The second-order valence-corrected chi connectivity index (χ2v) is 8.03. The molecule has 7 nitrogen and oxygen atoms in total. The van der Waals surface area contributed by atoms with Gasteiger partial charge in [-0.3, -0.25) is 9.59 Å². The number of nitrogens with zero attached hydrogens (tertiary/aromatic N) is 3. The first kappa shape index (κ1) is 22.5. The summed E-state index contributed by atoms with van der Waals surface area (Å²) in [6.45, 7) is 6.45. The minimum absolute atomic E-state index is 0.0214. The van der Waals surface area contributed by atoms with Crippen LogP contribution in [0.15, 0.2) is 47.6 Å². The number of carbonyl (C=O) groups excluding carboxylic acids is 2. The molecule has 162 valence electrons. The summed E-state index contributed by atoms with van der Waals surface area (Å²) in [7, 11) is 0. The third-order valence-electron chi connectivity index (χ3n) is 4.39. The van der Waals surface area contributed by atoms with Crippen LogP contribution in [0.3, 0.4) is 0 Å². The standard InChI is InChI=1S/C22H24FN5O2S/c1-4-28-19(12-20(29)24-17-7-5-16(23)6-8-17)26-27-22(28)31-13-21(30)25-18-10-14(2)9-15(3)11-18/h5-11H,4,12-13H2,1-3H3,(H,24,29)(H,25,30). The molecular weight excluding hydrogens is 417 g/mol. The molecule has 0 atom stereocenters. The van der Waals surface area contributed by atoms with Gasteiger partial charge in [0.25, 0.3) is 0 Å². The number of hydrogen-bond donors (Lipinski definition) is 2. The van der Waals surface area contributed by atoms with E-state index >= 15 is 0 Å². The smallest absolute Gasteiger partial charge is 0.234 e. The largest absolute Gasteiger partial charge is 0.326 e. The average Bonchev–Trinajstić information content (AvgIpc) is 3.08. The summed E-state index contributed by atoms with van der Waals surface area (Å²) in [6, 6.07) is 11.4. The Morgan fingerprint density at radius 2 is 1.61 bits per heavy atom. The number of amides is 2. The number of benzene rings is 2. The monoisotopic (exact) mass is 441 g/mol. The highest BCUT2D eigenvalue weighted by Crippen LogP contribution is 2.19. The van der Waals surface area contributed by atoms with E-state index in [0.717, 1.165) is 16.8 Å². The van der Waals surface area contributed by atoms with Crippen LogP contribution in [-0.4, -0.2) is 32.3 Å². The molecule has 2 N–H and O–H groups in total. The van der Waals surface area contributed by atoms with Crippen LogP contribution in [0.1, 0.15) is 23.9 Å². The molecule has 0 unspecified atom stereocenters. The van der Waals surface area contributed by atoms with Crippen molar-refractivity contribution >= 4 is 35.0 Å². The van der Waals surface area contributed by atoms with Crippen molar-refractivity contribution < 1.29 is 14.0 Å². The third-order valence-corrected chi connectivity index (χ3v) is 5.36. The third kappa shape index (κ3) is 6.39. The van der Waals surface area contributed by atoms with E-state index in [2.05, 4.69) is 20.8 Å². The summed E-state index contributed by atoms with van der Waals surface area (Å²) in [6.07, 6.45) is 0.0214. The number of aryl methyl sites for hydroxylation is 2. The van der Waals surface area contributed by atoms with Crippen molar-refractivity contribution in [3.05, 3.63) is 65.2 Å². The molecule has 1 heterocycles. The maximum absolute atomic E-state index is 13.0. The minimum atomic E-state index is -0.369. The molecule has 0 fully saturated rings. The Balaban J connectivity index is 1.58. The lowest BCUT2D eigenvalue weighted by Crippen LogP contribution is -2.18. The van der Waals surface area contributed by atoms with Crippen molar-refractivity contribution in [3.8, 4) is 0 Å². The SMILES string of the molecule is CCn1c(CC(=O)Nc2ccc(F)cc2)nnc1SCC(=O)Nc1cc(C)cc(C)c1. The maximum Gasteiger partial charge on any atom is 0.234 e. The van der Waals surface area contributed by atoms with E-state index < -0.39 is 0 Å². The highest BCUT2D eigenvalue weighted by Gasteiger charge is 2.16. The zero-order chi connectivity index (χ0) is 22.4. The summed E-state index contributed by atoms with van der Waals surface area (Å²) in [5.41, 5.74) is 3.43. The van der Waals surface area contributed by atoms with Crippen LogP contribution >= 0.6 is 11.8 Å². The van der Waals surface area contributed by atoms with Gasteiger partial charge in [0.2, 0.25) is 11.8 Å². The van der Waals surface area contributed by atoms with Gasteiger partial charge < -0.3 is 15.2 Å². The number of halogens is 1. The summed E-state index contributed by atoms with van der Waals surface area (Å²) < 4.78 is 14.8. The zero-order valence-corrected chi connectivity index (χ0v) is 18.4. The van der Waals surface area contributed by atoms with Crippen molar-refractivity contribution in [1.29, 1.82) is 0 Å². The van der Waals surface area contributed by atoms with Crippen LogP contribution in [0.5, 0.6) is 0 Å². The molecule has 0 aliphatic heterocycles. The summed E-state index contributed by atoms with van der Waals surface area (Å²) in [5.74, 6) is -0.118. The van der Waals surface area contributed by atoms with E-state index in [0.29, 0.717) is 23.2 Å². The Hall–Kier alpha value is -3.20. The fourth-order valence-corrected chi connectivity index (χ4v) is 3.95. The molecule has 9 heteroatoms. The molecular formula is C22H24FN5O2S. The zero-order valence-electron chi connectivity index (χ0n) is 17.6. The van der Waals surface area contributed by atoms with E-state index in [1.54, 1.807) is 4.57 Å². The van der Waals surface area contributed by atoms with Crippen LogP contribution in [-0.2, 0) is 22.6 Å². The van der Waals surface area contributed by atoms with Gasteiger partial charge in [0.05, 0.1) is 12.2 Å². The molecule has 2 amide bonds. The quantitative estimate of drug-likeness (QED) is 0.517. The summed E-state index contributed by atoms with van der Waals surface area (Å²) >= 11 is 1.26. The lowest BCUT2D eigenvalue weighted by atomic mass is 10.1. The Morgan fingerprint density at radius 3 is 2.26 bits per heavy atom. The second-order valence-electron chi connectivity index (χ2n) is 7.09. The summed E-state index contributed by atoms with van der Waals surface area (Å²) in [4.78, 5) is 24.7. The van der Waals surface area contributed by atoms with Gasteiger partial charge >= 0.3 is 0 Å². The Labute approximate surface area is 184 Å².